The lowest BCUT2D eigenvalue weighted by molar-refractivity contribution is 0.145. The molecule has 1 fully saturated rings. The predicted octanol–water partition coefficient (Wildman–Crippen LogP) is 2.10. The van der Waals surface area contributed by atoms with E-state index < -0.39 is 0 Å². The Bertz CT molecular complexity index is 156. The van der Waals surface area contributed by atoms with Gasteiger partial charge in [0.1, 0.15) is 0 Å². The molecule has 1 aliphatic rings. The maximum Gasteiger partial charge on any atom is 0.0218 e. The second kappa shape index (κ2) is 5.72. The Labute approximate surface area is 89.1 Å². The van der Waals surface area contributed by atoms with Crippen molar-refractivity contribution in [1.82, 2.24) is 10.2 Å². The predicted molar refractivity (Wildman–Crippen MR) is 62.6 cm³/mol. The molecule has 0 saturated carbocycles. The van der Waals surface area contributed by atoms with Crippen LogP contribution in [0.4, 0.5) is 0 Å². The van der Waals surface area contributed by atoms with Gasteiger partial charge in [0.15, 0.2) is 0 Å². The van der Waals surface area contributed by atoms with Crippen LogP contribution >= 0.6 is 0 Å². The fourth-order valence-corrected chi connectivity index (χ4v) is 2.40. The molecule has 0 radical (unpaired) electrons. The first kappa shape index (κ1) is 12.0. The van der Waals surface area contributed by atoms with Gasteiger partial charge >= 0.3 is 0 Å². The van der Waals surface area contributed by atoms with Gasteiger partial charge in [-0.25, -0.2) is 0 Å². The smallest absolute Gasteiger partial charge is 0.0218 e. The molecule has 1 heterocycles. The zero-order valence-electron chi connectivity index (χ0n) is 10.2. The van der Waals surface area contributed by atoms with Gasteiger partial charge in [0.2, 0.25) is 0 Å². The van der Waals surface area contributed by atoms with E-state index in [1.165, 1.54) is 32.4 Å². The highest BCUT2D eigenvalue weighted by Crippen LogP contribution is 2.14. The SMILES string of the molecule is CCCC1CNC(CC(C)C)CN1C. The minimum atomic E-state index is 0.716. The van der Waals surface area contributed by atoms with Crippen LogP contribution in [0.5, 0.6) is 0 Å². The van der Waals surface area contributed by atoms with Crippen molar-refractivity contribution in [3.63, 3.8) is 0 Å². The van der Waals surface area contributed by atoms with Gasteiger partial charge in [-0.05, 0) is 25.8 Å². The zero-order valence-corrected chi connectivity index (χ0v) is 10.2. The number of rotatable bonds is 4. The van der Waals surface area contributed by atoms with Crippen LogP contribution in [0, 0.1) is 5.92 Å². The summed E-state index contributed by atoms with van der Waals surface area (Å²) in [5, 5.41) is 3.67. The number of hydrogen-bond acceptors (Lipinski definition) is 2. The first-order chi connectivity index (χ1) is 6.63. The lowest BCUT2D eigenvalue weighted by Gasteiger charge is -2.38. The number of piperazine rings is 1. The highest BCUT2D eigenvalue weighted by atomic mass is 15.2. The lowest BCUT2D eigenvalue weighted by atomic mass is 9.99. The second-order valence-corrected chi connectivity index (χ2v) is 5.12. The van der Waals surface area contributed by atoms with E-state index in [4.69, 9.17) is 0 Å². The zero-order chi connectivity index (χ0) is 10.6. The third-order valence-corrected chi connectivity index (χ3v) is 3.15. The minimum absolute atomic E-state index is 0.716. The summed E-state index contributed by atoms with van der Waals surface area (Å²) < 4.78 is 0. The van der Waals surface area contributed by atoms with E-state index in [9.17, 15) is 0 Å². The maximum atomic E-state index is 3.67. The van der Waals surface area contributed by atoms with Crippen molar-refractivity contribution in [2.75, 3.05) is 20.1 Å². The van der Waals surface area contributed by atoms with Crippen molar-refractivity contribution in [3.05, 3.63) is 0 Å². The van der Waals surface area contributed by atoms with Crippen molar-refractivity contribution in [2.45, 2.75) is 52.1 Å². The first-order valence-corrected chi connectivity index (χ1v) is 6.07. The Morgan fingerprint density at radius 1 is 1.43 bits per heavy atom. The second-order valence-electron chi connectivity index (χ2n) is 5.12. The van der Waals surface area contributed by atoms with E-state index in [2.05, 4.69) is 38.0 Å². The van der Waals surface area contributed by atoms with Crippen LogP contribution in [0.1, 0.15) is 40.0 Å². The van der Waals surface area contributed by atoms with Crippen molar-refractivity contribution in [2.24, 2.45) is 5.92 Å². The van der Waals surface area contributed by atoms with Gasteiger partial charge in [0.05, 0.1) is 0 Å². The van der Waals surface area contributed by atoms with Crippen LogP contribution in [-0.4, -0.2) is 37.1 Å². The van der Waals surface area contributed by atoms with Crippen LogP contribution in [0.25, 0.3) is 0 Å². The van der Waals surface area contributed by atoms with Crippen LogP contribution in [0.15, 0.2) is 0 Å². The van der Waals surface area contributed by atoms with Crippen LogP contribution in [-0.2, 0) is 0 Å². The monoisotopic (exact) mass is 198 g/mol. The molecular formula is C12H26N2. The summed E-state index contributed by atoms with van der Waals surface area (Å²) in [6, 6.07) is 1.48. The average Bonchev–Trinajstić information content (AvgIpc) is 2.09. The summed E-state index contributed by atoms with van der Waals surface area (Å²) in [5.41, 5.74) is 0. The molecule has 0 aromatic rings. The Morgan fingerprint density at radius 3 is 2.64 bits per heavy atom. The number of nitrogens with one attached hydrogen (secondary N) is 1. The van der Waals surface area contributed by atoms with Gasteiger partial charge in [-0.15, -0.1) is 0 Å². The summed E-state index contributed by atoms with van der Waals surface area (Å²) in [6.45, 7) is 9.29. The van der Waals surface area contributed by atoms with Gasteiger partial charge < -0.3 is 10.2 Å². The van der Waals surface area contributed by atoms with Gasteiger partial charge in [-0.3, -0.25) is 0 Å². The maximum absolute atomic E-state index is 3.67. The molecule has 0 spiro atoms. The summed E-state index contributed by atoms with van der Waals surface area (Å²) in [7, 11) is 2.27. The molecule has 2 heteroatoms. The van der Waals surface area contributed by atoms with Gasteiger partial charge in [0.25, 0.3) is 0 Å². The van der Waals surface area contributed by atoms with Gasteiger partial charge in [-0.2, -0.15) is 0 Å². The molecule has 0 aromatic carbocycles. The summed E-state index contributed by atoms with van der Waals surface area (Å²) >= 11 is 0. The normalized spacial score (nSPS) is 29.8. The summed E-state index contributed by atoms with van der Waals surface area (Å²) in [4.78, 5) is 2.53. The fourth-order valence-electron chi connectivity index (χ4n) is 2.40. The molecule has 1 N–H and O–H groups in total. The van der Waals surface area contributed by atoms with E-state index >= 15 is 0 Å². The third kappa shape index (κ3) is 3.58. The quantitative estimate of drug-likeness (QED) is 0.744. The Hall–Kier alpha value is -0.0800. The average molecular weight is 198 g/mol. The third-order valence-electron chi connectivity index (χ3n) is 3.15. The minimum Gasteiger partial charge on any atom is -0.311 e. The van der Waals surface area contributed by atoms with E-state index in [0.717, 1.165) is 12.0 Å². The topological polar surface area (TPSA) is 15.3 Å². The molecule has 1 rings (SSSR count). The molecule has 0 amide bonds. The standard InChI is InChI=1S/C12H26N2/c1-5-6-12-8-13-11(7-10(2)3)9-14(12)4/h10-13H,5-9H2,1-4H3. The molecule has 0 aliphatic carbocycles. The highest BCUT2D eigenvalue weighted by Gasteiger charge is 2.24. The lowest BCUT2D eigenvalue weighted by Crippen LogP contribution is -2.55. The Balaban J connectivity index is 2.31. The first-order valence-electron chi connectivity index (χ1n) is 6.07. The molecule has 2 atom stereocenters. The fraction of sp³-hybridized carbons (Fsp3) is 1.00. The number of likely N-dealkylation sites (N-methyl/N-ethyl adjacent to an activating group) is 1. The Morgan fingerprint density at radius 2 is 2.14 bits per heavy atom. The van der Waals surface area contributed by atoms with Crippen LogP contribution < -0.4 is 5.32 Å². The number of nitrogens with zero attached hydrogens (tertiary/aromatic N) is 1. The Kier molecular flexibility index (Phi) is 4.90. The molecule has 14 heavy (non-hydrogen) atoms. The van der Waals surface area contributed by atoms with E-state index in [0.29, 0.717) is 6.04 Å². The summed E-state index contributed by atoms with van der Waals surface area (Å²) in [6.07, 6.45) is 3.94. The van der Waals surface area contributed by atoms with Crippen LogP contribution in [0.2, 0.25) is 0 Å². The summed E-state index contributed by atoms with van der Waals surface area (Å²) in [5.74, 6) is 0.809. The molecule has 2 nitrogen and oxygen atoms in total. The van der Waals surface area contributed by atoms with Crippen molar-refractivity contribution in [3.8, 4) is 0 Å². The van der Waals surface area contributed by atoms with Gasteiger partial charge in [0, 0.05) is 25.2 Å². The molecule has 0 bridgehead atoms. The van der Waals surface area contributed by atoms with Gasteiger partial charge in [-0.1, -0.05) is 27.2 Å². The highest BCUT2D eigenvalue weighted by molar-refractivity contribution is 4.84. The van der Waals surface area contributed by atoms with E-state index in [1.54, 1.807) is 0 Å². The van der Waals surface area contributed by atoms with Crippen molar-refractivity contribution in [1.29, 1.82) is 0 Å². The molecule has 1 aliphatic heterocycles. The van der Waals surface area contributed by atoms with Crippen molar-refractivity contribution >= 4 is 0 Å². The van der Waals surface area contributed by atoms with Crippen LogP contribution in [0.3, 0.4) is 0 Å². The molecule has 84 valence electrons. The van der Waals surface area contributed by atoms with Crippen molar-refractivity contribution < 1.29 is 0 Å². The molecular weight excluding hydrogens is 172 g/mol. The van der Waals surface area contributed by atoms with E-state index in [1.807, 2.05) is 0 Å². The molecule has 0 aromatic heterocycles. The number of hydrogen-bond donors (Lipinski definition) is 1. The molecule has 1 saturated heterocycles. The van der Waals surface area contributed by atoms with E-state index in [-0.39, 0.29) is 0 Å². The molecule has 2 unspecified atom stereocenters. The largest absolute Gasteiger partial charge is 0.311 e.